The molecule has 8 nitrogen and oxygen atoms in total. The van der Waals surface area contributed by atoms with E-state index in [1.54, 1.807) is 12.2 Å². The van der Waals surface area contributed by atoms with E-state index in [0.29, 0.717) is 11.3 Å². The van der Waals surface area contributed by atoms with Crippen LogP contribution >= 0.6 is 11.8 Å². The van der Waals surface area contributed by atoms with Crippen molar-refractivity contribution in [2.24, 2.45) is 0 Å². The summed E-state index contributed by atoms with van der Waals surface area (Å²) in [7, 11) is 0. The van der Waals surface area contributed by atoms with Gasteiger partial charge in [-0.05, 0) is 13.0 Å². The number of quaternary nitrogens is 1. The summed E-state index contributed by atoms with van der Waals surface area (Å²) >= 11 is 1.33. The Balaban J connectivity index is 2.35. The third-order valence-electron chi connectivity index (χ3n) is 3.05. The molecule has 0 amide bonds. The van der Waals surface area contributed by atoms with Crippen molar-refractivity contribution < 1.29 is 30.0 Å². The van der Waals surface area contributed by atoms with Gasteiger partial charge in [0, 0.05) is 17.4 Å². The number of nitrogens with two attached hydrogens (primary N) is 1. The second-order valence-corrected chi connectivity index (χ2v) is 5.60. The molecule has 114 valence electrons. The van der Waals surface area contributed by atoms with Crippen LogP contribution in [0.1, 0.15) is 17.9 Å². The molecule has 1 aromatic rings. The smallest absolute Gasteiger partial charge is 0.265 e. The Morgan fingerprint density at radius 1 is 1.57 bits per heavy atom. The molecular weight excluding hydrogens is 300 g/mol. The number of hydrogen-bond donors (Lipinski definition) is 1. The molecule has 0 bridgehead atoms. The van der Waals surface area contributed by atoms with E-state index in [1.807, 2.05) is 0 Å². The molecule has 0 saturated carbocycles. The number of benzene rings is 1. The standard InChI is InChI=1S/C12H14N2O6S/c1-2-20-9-4-6(3-8(10(9)15)14(18)19)11-13-7(5-21-11)12(16)17/h3-4,7,11,13,15H,2,5H2,1H3,(H,16,17)/p-1/t7-,11-/m0/s1. The minimum Gasteiger partial charge on any atom is -0.865 e. The number of carboxylic acid groups (broad SMARTS) is 1. The molecule has 1 aromatic carbocycles. The summed E-state index contributed by atoms with van der Waals surface area (Å²) in [5.41, 5.74) is -0.0830. The van der Waals surface area contributed by atoms with Crippen LogP contribution < -0.4 is 20.3 Å². The number of carbonyl (C=O) groups excluding carboxylic acids is 1. The van der Waals surface area contributed by atoms with Crippen molar-refractivity contribution in [2.45, 2.75) is 18.3 Å². The topological polar surface area (TPSA) is 132 Å². The number of aliphatic carboxylic acids is 1. The van der Waals surface area contributed by atoms with Gasteiger partial charge in [0.2, 0.25) is 0 Å². The molecule has 1 heterocycles. The molecule has 0 radical (unpaired) electrons. The third kappa shape index (κ3) is 3.19. The molecule has 9 heteroatoms. The van der Waals surface area contributed by atoms with E-state index in [4.69, 9.17) is 4.74 Å². The average Bonchev–Trinajstić information content (AvgIpc) is 2.90. The molecule has 1 fully saturated rings. The van der Waals surface area contributed by atoms with Gasteiger partial charge in [-0.2, -0.15) is 0 Å². The van der Waals surface area contributed by atoms with Gasteiger partial charge >= 0.3 is 0 Å². The summed E-state index contributed by atoms with van der Waals surface area (Å²) in [6.45, 7) is 1.87. The third-order valence-corrected chi connectivity index (χ3v) is 4.39. The molecule has 0 unspecified atom stereocenters. The fourth-order valence-electron chi connectivity index (χ4n) is 2.05. The number of rotatable bonds is 5. The lowest BCUT2D eigenvalue weighted by molar-refractivity contribution is -0.690. The van der Waals surface area contributed by atoms with Gasteiger partial charge in [-0.3, -0.25) is 10.1 Å². The first-order valence-corrected chi connectivity index (χ1v) is 7.28. The van der Waals surface area contributed by atoms with E-state index in [0.717, 1.165) is 0 Å². The Labute approximate surface area is 124 Å². The number of ether oxygens (including phenoxy) is 1. The highest BCUT2D eigenvalue weighted by Gasteiger charge is 2.32. The zero-order valence-corrected chi connectivity index (χ0v) is 11.9. The molecule has 0 aliphatic carbocycles. The van der Waals surface area contributed by atoms with Crippen LogP contribution in [-0.2, 0) is 4.79 Å². The van der Waals surface area contributed by atoms with Crippen molar-refractivity contribution >= 4 is 23.4 Å². The van der Waals surface area contributed by atoms with Crippen LogP contribution in [0.2, 0.25) is 0 Å². The minimum absolute atomic E-state index is 0.0902. The van der Waals surface area contributed by atoms with E-state index < -0.39 is 28.4 Å². The maximum absolute atomic E-state index is 11.9. The van der Waals surface area contributed by atoms with Crippen molar-refractivity contribution in [2.75, 3.05) is 12.4 Å². The van der Waals surface area contributed by atoms with Crippen molar-refractivity contribution in [1.29, 1.82) is 0 Å². The summed E-state index contributed by atoms with van der Waals surface area (Å²) in [5, 5.41) is 34.9. The number of hydrogen-bond acceptors (Lipinski definition) is 7. The maximum atomic E-state index is 11.9. The monoisotopic (exact) mass is 313 g/mol. The SMILES string of the molecule is CCOc1cc([C@H]2[NH2+][C@H](C(=O)[O-])CS2)cc([N+](=O)[O-])c1[O-]. The second-order valence-electron chi connectivity index (χ2n) is 4.43. The second kappa shape index (κ2) is 6.19. The van der Waals surface area contributed by atoms with Crippen molar-refractivity contribution in [3.63, 3.8) is 0 Å². The first kappa shape index (κ1) is 15.4. The maximum Gasteiger partial charge on any atom is 0.265 e. The Bertz CT molecular complexity index is 579. The summed E-state index contributed by atoms with van der Waals surface area (Å²) in [6, 6.07) is 1.91. The van der Waals surface area contributed by atoms with Gasteiger partial charge in [0.05, 0.1) is 17.3 Å². The number of thioether (sulfide) groups is 1. The Hall–Kier alpha value is -2.00. The zero-order valence-electron chi connectivity index (χ0n) is 11.1. The van der Waals surface area contributed by atoms with E-state index in [1.165, 1.54) is 23.9 Å². The highest BCUT2D eigenvalue weighted by molar-refractivity contribution is 7.99. The van der Waals surface area contributed by atoms with Crippen LogP contribution in [0.5, 0.6) is 11.5 Å². The van der Waals surface area contributed by atoms with Crippen LogP contribution in [0, 0.1) is 10.1 Å². The molecule has 2 rings (SSSR count). The molecule has 0 spiro atoms. The summed E-state index contributed by atoms with van der Waals surface area (Å²) < 4.78 is 5.13. The number of nitro benzene ring substituents is 1. The Morgan fingerprint density at radius 2 is 2.29 bits per heavy atom. The Morgan fingerprint density at radius 3 is 2.81 bits per heavy atom. The largest absolute Gasteiger partial charge is 0.865 e. The van der Waals surface area contributed by atoms with Gasteiger partial charge < -0.3 is 25.1 Å². The molecule has 21 heavy (non-hydrogen) atoms. The van der Waals surface area contributed by atoms with Gasteiger partial charge in [-0.1, -0.05) is 11.8 Å². The number of nitro groups is 1. The first-order valence-electron chi connectivity index (χ1n) is 6.23. The molecule has 1 aliphatic heterocycles. The molecule has 2 N–H and O–H groups in total. The number of carbonyl (C=O) groups is 1. The highest BCUT2D eigenvalue weighted by Crippen LogP contribution is 2.39. The lowest BCUT2D eigenvalue weighted by Crippen LogP contribution is -2.90. The summed E-state index contributed by atoms with van der Waals surface area (Å²) in [5.74, 6) is -1.70. The van der Waals surface area contributed by atoms with Crippen LogP contribution in [0.25, 0.3) is 0 Å². The predicted molar refractivity (Wildman–Crippen MR) is 69.6 cm³/mol. The molecule has 0 aromatic heterocycles. The first-order chi connectivity index (χ1) is 9.93. The van der Waals surface area contributed by atoms with Crippen molar-refractivity contribution in [3.05, 3.63) is 27.8 Å². The minimum atomic E-state index is -1.18. The van der Waals surface area contributed by atoms with Crippen molar-refractivity contribution in [3.8, 4) is 11.5 Å². The average molecular weight is 313 g/mol. The summed E-state index contributed by atoms with van der Waals surface area (Å²) in [4.78, 5) is 21.0. The van der Waals surface area contributed by atoms with Gasteiger partial charge in [-0.15, -0.1) is 0 Å². The highest BCUT2D eigenvalue weighted by atomic mass is 32.2. The molecule has 1 aliphatic rings. The van der Waals surface area contributed by atoms with Gasteiger partial charge in [-0.25, -0.2) is 0 Å². The van der Waals surface area contributed by atoms with Crippen LogP contribution in [0.4, 0.5) is 5.69 Å². The van der Waals surface area contributed by atoms with Gasteiger partial charge in [0.15, 0.2) is 5.37 Å². The van der Waals surface area contributed by atoms with E-state index in [2.05, 4.69) is 0 Å². The fraction of sp³-hybridized carbons (Fsp3) is 0.417. The van der Waals surface area contributed by atoms with Crippen LogP contribution in [0.3, 0.4) is 0 Å². The van der Waals surface area contributed by atoms with E-state index in [9.17, 15) is 25.1 Å². The van der Waals surface area contributed by atoms with E-state index in [-0.39, 0.29) is 17.7 Å². The van der Waals surface area contributed by atoms with Crippen LogP contribution in [0.15, 0.2) is 12.1 Å². The van der Waals surface area contributed by atoms with Crippen LogP contribution in [-0.4, -0.2) is 29.3 Å². The Kier molecular flexibility index (Phi) is 4.53. The normalized spacial score (nSPS) is 21.2. The fourth-order valence-corrected chi connectivity index (χ4v) is 3.35. The van der Waals surface area contributed by atoms with Crippen molar-refractivity contribution in [1.82, 2.24) is 0 Å². The van der Waals surface area contributed by atoms with Gasteiger partial charge in [0.1, 0.15) is 17.8 Å². The predicted octanol–water partition coefficient (Wildman–Crippen LogP) is -1.51. The zero-order chi connectivity index (χ0) is 15.6. The molecular formula is C12H13N2O6S-. The molecule has 1 saturated heterocycles. The number of nitrogens with zero attached hydrogens (tertiary/aromatic N) is 1. The number of carboxylic acids is 1. The van der Waals surface area contributed by atoms with Gasteiger partial charge in [0.25, 0.3) is 5.69 Å². The summed E-state index contributed by atoms with van der Waals surface area (Å²) in [6.07, 6.45) is 0. The lowest BCUT2D eigenvalue weighted by Gasteiger charge is -2.17. The lowest BCUT2D eigenvalue weighted by atomic mass is 10.1. The van der Waals surface area contributed by atoms with E-state index >= 15 is 0 Å². The molecule has 2 atom stereocenters. The quantitative estimate of drug-likeness (QED) is 0.516.